The molecule has 1 saturated carbocycles. The molecule has 1 aliphatic carbocycles. The van der Waals surface area contributed by atoms with Crippen LogP contribution in [0.4, 0.5) is 10.1 Å². The van der Waals surface area contributed by atoms with Crippen molar-refractivity contribution in [2.75, 3.05) is 25.5 Å². The highest BCUT2D eigenvalue weighted by Gasteiger charge is 2.44. The van der Waals surface area contributed by atoms with Gasteiger partial charge in [0.15, 0.2) is 0 Å². The summed E-state index contributed by atoms with van der Waals surface area (Å²) in [5.41, 5.74) is 0.979. The van der Waals surface area contributed by atoms with Gasteiger partial charge in [0.2, 0.25) is 15.9 Å². The van der Waals surface area contributed by atoms with E-state index in [2.05, 4.69) is 11.4 Å². The van der Waals surface area contributed by atoms with Crippen LogP contribution in [0.3, 0.4) is 0 Å². The van der Waals surface area contributed by atoms with E-state index in [0.29, 0.717) is 5.69 Å². The number of anilines is 1. The molecule has 0 bridgehead atoms. The Morgan fingerprint density at radius 3 is 2.47 bits per heavy atom. The number of likely N-dealkylation sites (N-methyl/N-ethyl adjacent to an activating group) is 1. The van der Waals surface area contributed by atoms with Crippen LogP contribution in [0.1, 0.15) is 25.3 Å². The highest BCUT2D eigenvalue weighted by molar-refractivity contribution is 7.89. The number of nitriles is 1. The second kappa shape index (κ2) is 8.42. The summed E-state index contributed by atoms with van der Waals surface area (Å²) < 4.78 is 45.5. The van der Waals surface area contributed by atoms with Crippen LogP contribution in [0.2, 0.25) is 0 Å². The first-order valence-electron chi connectivity index (χ1n) is 9.41. The molecule has 1 fully saturated rings. The summed E-state index contributed by atoms with van der Waals surface area (Å²) in [5, 5.41) is 11.9. The molecule has 1 amide bonds. The quantitative estimate of drug-likeness (QED) is 0.693. The van der Waals surface area contributed by atoms with Crippen LogP contribution in [-0.4, -0.2) is 38.8 Å². The van der Waals surface area contributed by atoms with E-state index >= 15 is 0 Å². The van der Waals surface area contributed by atoms with Crippen molar-refractivity contribution >= 4 is 21.6 Å². The highest BCUT2D eigenvalue weighted by atomic mass is 32.2. The second-order valence-corrected chi connectivity index (χ2v) is 8.95. The summed E-state index contributed by atoms with van der Waals surface area (Å²) in [5.74, 6) is -1.26. The van der Waals surface area contributed by atoms with E-state index in [1.165, 1.54) is 13.2 Å². The first-order valence-corrected chi connectivity index (χ1v) is 10.8. The third-order valence-electron chi connectivity index (χ3n) is 5.10. The molecule has 0 atom stereocenters. The second-order valence-electron chi connectivity index (χ2n) is 7.05. The van der Waals surface area contributed by atoms with Crippen molar-refractivity contribution in [2.24, 2.45) is 0 Å². The molecule has 0 aliphatic heterocycles. The fourth-order valence-electron chi connectivity index (χ4n) is 3.18. The van der Waals surface area contributed by atoms with Crippen LogP contribution < -0.4 is 10.1 Å². The molecule has 2 aromatic carbocycles. The highest BCUT2D eigenvalue weighted by Crippen LogP contribution is 2.47. The van der Waals surface area contributed by atoms with Crippen molar-refractivity contribution in [3.63, 3.8) is 0 Å². The minimum absolute atomic E-state index is 0.00246. The molecule has 0 radical (unpaired) electrons. The van der Waals surface area contributed by atoms with Crippen molar-refractivity contribution in [3.05, 3.63) is 53.8 Å². The Morgan fingerprint density at radius 2 is 1.93 bits per heavy atom. The van der Waals surface area contributed by atoms with Gasteiger partial charge in [-0.1, -0.05) is 19.1 Å². The largest absolute Gasteiger partial charge is 0.495 e. The van der Waals surface area contributed by atoms with E-state index in [1.807, 2.05) is 0 Å². The van der Waals surface area contributed by atoms with Gasteiger partial charge in [-0.05, 0) is 48.7 Å². The molecule has 2 aromatic rings. The summed E-state index contributed by atoms with van der Waals surface area (Å²) in [6, 6.07) is 12.5. The lowest BCUT2D eigenvalue weighted by Gasteiger charge is -2.21. The Kier molecular flexibility index (Phi) is 6.10. The fraction of sp³-hybridized carbons (Fsp3) is 0.333. The summed E-state index contributed by atoms with van der Waals surface area (Å²) in [6.07, 6.45) is 1.64. The van der Waals surface area contributed by atoms with Gasteiger partial charge in [-0.3, -0.25) is 4.79 Å². The Labute approximate surface area is 175 Å². The van der Waals surface area contributed by atoms with Gasteiger partial charge in [-0.25, -0.2) is 12.8 Å². The van der Waals surface area contributed by atoms with Gasteiger partial charge in [0.05, 0.1) is 25.1 Å². The molecule has 158 valence electrons. The van der Waals surface area contributed by atoms with E-state index in [1.54, 1.807) is 31.2 Å². The Hall–Kier alpha value is -2.96. The normalized spacial score (nSPS) is 14.8. The van der Waals surface area contributed by atoms with Crippen LogP contribution in [0, 0.1) is 17.1 Å². The molecular formula is C21H22FN3O4S. The van der Waals surface area contributed by atoms with E-state index in [9.17, 15) is 22.9 Å². The number of sulfonamides is 1. The topological polar surface area (TPSA) is 99.5 Å². The van der Waals surface area contributed by atoms with Gasteiger partial charge in [-0.2, -0.15) is 9.57 Å². The third kappa shape index (κ3) is 4.30. The summed E-state index contributed by atoms with van der Waals surface area (Å²) in [4.78, 5) is 12.1. The molecule has 1 aliphatic rings. The summed E-state index contributed by atoms with van der Waals surface area (Å²) >= 11 is 0. The number of halogens is 1. The molecule has 7 nitrogen and oxygen atoms in total. The van der Waals surface area contributed by atoms with Gasteiger partial charge < -0.3 is 10.1 Å². The van der Waals surface area contributed by atoms with E-state index in [-0.39, 0.29) is 17.2 Å². The lowest BCUT2D eigenvalue weighted by molar-refractivity contribution is -0.116. The van der Waals surface area contributed by atoms with E-state index < -0.39 is 33.7 Å². The number of rotatable bonds is 8. The van der Waals surface area contributed by atoms with Gasteiger partial charge >= 0.3 is 0 Å². The van der Waals surface area contributed by atoms with Crippen LogP contribution in [0.15, 0.2) is 47.4 Å². The van der Waals surface area contributed by atoms with Crippen molar-refractivity contribution in [1.82, 2.24) is 4.31 Å². The van der Waals surface area contributed by atoms with Crippen LogP contribution in [0.25, 0.3) is 0 Å². The molecule has 3 rings (SSSR count). The van der Waals surface area contributed by atoms with Crippen molar-refractivity contribution in [1.29, 1.82) is 5.26 Å². The molecule has 0 unspecified atom stereocenters. The van der Waals surface area contributed by atoms with Crippen LogP contribution >= 0.6 is 0 Å². The number of methoxy groups -OCH3 is 1. The molecule has 1 N–H and O–H groups in total. The molecule has 0 aromatic heterocycles. The number of benzene rings is 2. The predicted octanol–water partition coefficient (Wildman–Crippen LogP) is 3.04. The zero-order valence-electron chi connectivity index (χ0n) is 16.7. The minimum atomic E-state index is -4.15. The lowest BCUT2D eigenvalue weighted by atomic mass is 9.98. The molecule has 0 saturated heterocycles. The SMILES string of the molecule is CCN(CC(=O)Nc1ccc(C2(C#N)CC2)cc1)S(=O)(=O)c1cc(F)ccc1OC. The van der Waals surface area contributed by atoms with Gasteiger partial charge in [-0.15, -0.1) is 0 Å². The molecule has 9 heteroatoms. The van der Waals surface area contributed by atoms with Crippen LogP contribution in [-0.2, 0) is 20.2 Å². The number of carbonyl (C=O) groups is 1. The Morgan fingerprint density at radius 1 is 1.27 bits per heavy atom. The monoisotopic (exact) mass is 431 g/mol. The summed E-state index contributed by atoms with van der Waals surface area (Å²) in [6.45, 7) is 1.16. The number of carbonyl (C=O) groups excluding carboxylic acids is 1. The zero-order chi connectivity index (χ0) is 21.9. The van der Waals surface area contributed by atoms with Gasteiger partial charge in [0.1, 0.15) is 16.5 Å². The predicted molar refractivity (Wildman–Crippen MR) is 109 cm³/mol. The summed E-state index contributed by atoms with van der Waals surface area (Å²) in [7, 11) is -2.86. The average Bonchev–Trinajstić information content (AvgIpc) is 3.53. The fourth-order valence-corrected chi connectivity index (χ4v) is 4.75. The number of amides is 1. The average molecular weight is 431 g/mol. The smallest absolute Gasteiger partial charge is 0.247 e. The maximum atomic E-state index is 13.6. The minimum Gasteiger partial charge on any atom is -0.495 e. The molecule has 30 heavy (non-hydrogen) atoms. The Bertz CT molecular complexity index is 1090. The van der Waals surface area contributed by atoms with Crippen LogP contribution in [0.5, 0.6) is 5.75 Å². The molecule has 0 spiro atoms. The van der Waals surface area contributed by atoms with Crippen molar-refractivity contribution in [2.45, 2.75) is 30.1 Å². The first-order chi connectivity index (χ1) is 14.3. The van der Waals surface area contributed by atoms with Gasteiger partial charge in [0.25, 0.3) is 0 Å². The lowest BCUT2D eigenvalue weighted by Crippen LogP contribution is -2.38. The van der Waals surface area contributed by atoms with Crippen molar-refractivity contribution < 1.29 is 22.3 Å². The molecule has 0 heterocycles. The van der Waals surface area contributed by atoms with E-state index in [4.69, 9.17) is 4.74 Å². The molecular weight excluding hydrogens is 409 g/mol. The Balaban J connectivity index is 1.73. The van der Waals surface area contributed by atoms with Crippen molar-refractivity contribution in [3.8, 4) is 11.8 Å². The third-order valence-corrected chi connectivity index (χ3v) is 7.04. The number of hydrogen-bond donors (Lipinski definition) is 1. The maximum absolute atomic E-state index is 13.6. The number of hydrogen-bond acceptors (Lipinski definition) is 5. The first kappa shape index (κ1) is 21.7. The maximum Gasteiger partial charge on any atom is 0.247 e. The zero-order valence-corrected chi connectivity index (χ0v) is 17.5. The standard InChI is InChI=1S/C21H22FN3O4S/c1-3-25(30(27,28)19-12-16(22)6-9-18(19)29-2)13-20(26)24-17-7-4-15(5-8-17)21(14-23)10-11-21/h4-9,12H,3,10-11,13H2,1-2H3,(H,24,26). The number of nitrogens with zero attached hydrogens (tertiary/aromatic N) is 2. The number of ether oxygens (including phenoxy) is 1. The number of nitrogens with one attached hydrogen (secondary N) is 1. The van der Waals surface area contributed by atoms with Gasteiger partial charge in [0, 0.05) is 12.2 Å². The van der Waals surface area contributed by atoms with E-state index in [0.717, 1.165) is 34.8 Å².